The van der Waals surface area contributed by atoms with E-state index < -0.39 is 0 Å². The summed E-state index contributed by atoms with van der Waals surface area (Å²) in [6.45, 7) is 11.5. The first-order valence-corrected chi connectivity index (χ1v) is 23.1. The largest absolute Gasteiger partial charge is 0.308 e. The number of para-hydroxylation sites is 2. The zero-order valence-electron chi connectivity index (χ0n) is 35.5. The van der Waals surface area contributed by atoms with Crippen molar-refractivity contribution in [1.29, 1.82) is 0 Å². The Balaban J connectivity index is 1.27. The highest BCUT2D eigenvalue weighted by molar-refractivity contribution is 7.26. The van der Waals surface area contributed by atoms with Crippen LogP contribution in [0.15, 0.2) is 176 Å². The maximum Gasteiger partial charge on any atom is 0.0640 e. The van der Waals surface area contributed by atoms with Gasteiger partial charge in [0.15, 0.2) is 0 Å². The third-order valence-electron chi connectivity index (χ3n) is 13.0. The van der Waals surface area contributed by atoms with E-state index in [1.54, 1.807) is 0 Å². The van der Waals surface area contributed by atoms with Gasteiger partial charge in [0.1, 0.15) is 0 Å². The summed E-state index contributed by atoms with van der Waals surface area (Å²) in [7, 11) is 0. The molecule has 0 spiro atoms. The van der Waals surface area contributed by atoms with Crippen LogP contribution < -0.4 is 9.80 Å². The molecule has 12 aromatic rings. The van der Waals surface area contributed by atoms with Crippen LogP contribution in [-0.2, 0) is 5.41 Å². The molecule has 4 heteroatoms. The Kier molecular flexibility index (Phi) is 8.31. The summed E-state index contributed by atoms with van der Waals surface area (Å²) >= 11 is 3.78. The van der Waals surface area contributed by atoms with Gasteiger partial charge in [0.05, 0.1) is 32.1 Å². The minimum atomic E-state index is 0.00983. The van der Waals surface area contributed by atoms with Crippen LogP contribution >= 0.6 is 22.7 Å². The molecule has 0 saturated heterocycles. The molecule has 0 N–H and O–H groups in total. The quantitative estimate of drug-likeness (QED) is 0.154. The maximum absolute atomic E-state index is 2.57. The summed E-state index contributed by atoms with van der Waals surface area (Å²) in [5.41, 5.74) is 10.8. The molecule has 10 aromatic carbocycles. The highest BCUT2D eigenvalue weighted by atomic mass is 32.1. The Hall–Kier alpha value is -6.72. The maximum atomic E-state index is 2.57. The van der Waals surface area contributed by atoms with Gasteiger partial charge in [-0.2, -0.15) is 0 Å². The summed E-state index contributed by atoms with van der Waals surface area (Å²) in [5.74, 6) is 0. The fraction of sp³-hybridized carbons (Fsp3) is 0.103. The topological polar surface area (TPSA) is 6.48 Å². The van der Waals surface area contributed by atoms with E-state index >= 15 is 0 Å². The molecule has 0 aliphatic rings. The molecular formula is C58H44N2S2. The Morgan fingerprint density at radius 3 is 1.24 bits per heavy atom. The molecule has 0 amide bonds. The van der Waals surface area contributed by atoms with Crippen molar-refractivity contribution in [3.8, 4) is 0 Å². The summed E-state index contributed by atoms with van der Waals surface area (Å²) in [5, 5.41) is 12.8. The monoisotopic (exact) mass is 832 g/mol. The van der Waals surface area contributed by atoms with Crippen LogP contribution in [0.2, 0.25) is 0 Å². The SMILES string of the molecule is Cc1ccccc1N(c1cc(N(c2ccccc2C)c2cccc3c2sc2ccccc23)c2ccc3cc(C(C)(C)C)cc4ccc1c2c43)c1cccc2c1sc1ccccc12. The van der Waals surface area contributed by atoms with Crippen molar-refractivity contribution in [2.24, 2.45) is 0 Å². The molecule has 0 aliphatic carbocycles. The number of thiophene rings is 2. The summed E-state index contributed by atoms with van der Waals surface area (Å²) in [6.07, 6.45) is 0. The van der Waals surface area contributed by atoms with Crippen LogP contribution in [0.25, 0.3) is 72.7 Å². The Labute approximate surface area is 369 Å². The fourth-order valence-corrected chi connectivity index (χ4v) is 12.3. The molecule has 62 heavy (non-hydrogen) atoms. The van der Waals surface area contributed by atoms with Gasteiger partial charge in [-0.3, -0.25) is 0 Å². The van der Waals surface area contributed by atoms with Gasteiger partial charge in [-0.25, -0.2) is 0 Å². The highest BCUT2D eigenvalue weighted by Crippen LogP contribution is 2.54. The smallest absolute Gasteiger partial charge is 0.0640 e. The lowest BCUT2D eigenvalue weighted by Gasteiger charge is -2.34. The first-order valence-electron chi connectivity index (χ1n) is 21.5. The normalized spacial score (nSPS) is 12.3. The van der Waals surface area contributed by atoms with Gasteiger partial charge in [-0.15, -0.1) is 22.7 Å². The van der Waals surface area contributed by atoms with E-state index in [1.165, 1.54) is 112 Å². The molecule has 0 unspecified atom stereocenters. The molecule has 0 bridgehead atoms. The second-order valence-corrected chi connectivity index (χ2v) is 19.9. The van der Waals surface area contributed by atoms with Crippen LogP contribution in [0.5, 0.6) is 0 Å². The van der Waals surface area contributed by atoms with Gasteiger partial charge in [0.25, 0.3) is 0 Å². The zero-order valence-corrected chi connectivity index (χ0v) is 37.1. The van der Waals surface area contributed by atoms with Crippen LogP contribution in [-0.4, -0.2) is 0 Å². The first kappa shape index (κ1) is 37.1. The van der Waals surface area contributed by atoms with E-state index in [1.807, 2.05) is 22.7 Å². The van der Waals surface area contributed by atoms with E-state index in [4.69, 9.17) is 0 Å². The standard InChI is InChI=1S/C58H44N2S2/c1-35-16-6-10-22-46(35)59(48-24-14-20-42-40-18-8-12-26-52(40)61-56(42)48)50-34-51(45-31-29-38-33-39(58(3,4)5)32-37-28-30-44(50)55(45)54(37)38)60(47-23-11-7-17-36(47)2)49-25-15-21-43-41-19-9-13-27-53(41)62-57(43)49/h6-34H,1-5H3. The Morgan fingerprint density at radius 1 is 0.355 bits per heavy atom. The Morgan fingerprint density at radius 2 is 0.774 bits per heavy atom. The second-order valence-electron chi connectivity index (χ2n) is 17.8. The van der Waals surface area contributed by atoms with Crippen LogP contribution in [0.3, 0.4) is 0 Å². The number of aryl methyl sites for hydroxylation is 2. The molecular weight excluding hydrogens is 789 g/mol. The van der Waals surface area contributed by atoms with Crippen molar-refractivity contribution in [3.63, 3.8) is 0 Å². The fourth-order valence-electron chi connectivity index (χ4n) is 9.91. The average molecular weight is 833 g/mol. The molecule has 0 atom stereocenters. The van der Waals surface area contributed by atoms with Gasteiger partial charge in [0, 0.05) is 58.5 Å². The van der Waals surface area contributed by atoms with Crippen molar-refractivity contribution in [2.45, 2.75) is 40.0 Å². The summed E-state index contributed by atoms with van der Waals surface area (Å²) in [6, 6.07) is 66.1. The average Bonchev–Trinajstić information content (AvgIpc) is 3.87. The van der Waals surface area contributed by atoms with Gasteiger partial charge >= 0.3 is 0 Å². The van der Waals surface area contributed by atoms with E-state index in [0.717, 1.165) is 11.4 Å². The molecule has 298 valence electrons. The number of benzene rings is 10. The zero-order chi connectivity index (χ0) is 41.9. The molecule has 2 aromatic heterocycles. The van der Waals surface area contributed by atoms with Gasteiger partial charge in [0.2, 0.25) is 0 Å². The minimum absolute atomic E-state index is 0.00983. The first-order chi connectivity index (χ1) is 30.2. The summed E-state index contributed by atoms with van der Waals surface area (Å²) in [4.78, 5) is 5.14. The van der Waals surface area contributed by atoms with Crippen molar-refractivity contribution in [3.05, 3.63) is 193 Å². The number of anilines is 6. The lowest BCUT2D eigenvalue weighted by atomic mass is 9.83. The number of fused-ring (bicyclic) bond motifs is 6. The second kappa shape index (κ2) is 13.9. The molecule has 12 rings (SSSR count). The molecule has 0 radical (unpaired) electrons. The molecule has 2 heterocycles. The number of nitrogens with zero attached hydrogens (tertiary/aromatic N) is 2. The van der Waals surface area contributed by atoms with Gasteiger partial charge in [-0.1, -0.05) is 154 Å². The van der Waals surface area contributed by atoms with E-state index in [9.17, 15) is 0 Å². The van der Waals surface area contributed by atoms with Gasteiger partial charge in [-0.05, 0) is 94.6 Å². The van der Waals surface area contributed by atoms with Crippen molar-refractivity contribution >= 4 is 129 Å². The lowest BCUT2D eigenvalue weighted by molar-refractivity contribution is 0.591. The molecule has 0 fully saturated rings. The highest BCUT2D eigenvalue weighted by Gasteiger charge is 2.28. The van der Waals surface area contributed by atoms with Crippen LogP contribution in [0.1, 0.15) is 37.5 Å². The minimum Gasteiger partial charge on any atom is -0.308 e. The predicted octanol–water partition coefficient (Wildman–Crippen LogP) is 18.2. The van der Waals surface area contributed by atoms with E-state index in [2.05, 4.69) is 220 Å². The third-order valence-corrected chi connectivity index (χ3v) is 15.4. The lowest BCUT2D eigenvalue weighted by Crippen LogP contribution is -2.16. The van der Waals surface area contributed by atoms with Crippen molar-refractivity contribution < 1.29 is 0 Å². The molecule has 2 nitrogen and oxygen atoms in total. The number of hydrogen-bond donors (Lipinski definition) is 0. The predicted molar refractivity (Wildman–Crippen MR) is 273 cm³/mol. The van der Waals surface area contributed by atoms with Crippen LogP contribution in [0.4, 0.5) is 34.1 Å². The third kappa shape index (κ3) is 5.60. The van der Waals surface area contributed by atoms with E-state index in [-0.39, 0.29) is 5.41 Å². The van der Waals surface area contributed by atoms with Crippen molar-refractivity contribution in [2.75, 3.05) is 9.80 Å². The molecule has 0 saturated carbocycles. The molecule has 0 aliphatic heterocycles. The number of hydrogen-bond acceptors (Lipinski definition) is 4. The van der Waals surface area contributed by atoms with Crippen LogP contribution in [0, 0.1) is 13.8 Å². The Bertz CT molecular complexity index is 3500. The number of rotatable bonds is 6. The summed E-state index contributed by atoms with van der Waals surface area (Å²) < 4.78 is 5.16. The van der Waals surface area contributed by atoms with E-state index in [0.29, 0.717) is 0 Å². The van der Waals surface area contributed by atoms with Gasteiger partial charge < -0.3 is 9.80 Å². The van der Waals surface area contributed by atoms with Crippen molar-refractivity contribution in [1.82, 2.24) is 0 Å².